The molecule has 2 aromatic carbocycles. The Morgan fingerprint density at radius 1 is 0.947 bits per heavy atom. The maximum atomic E-state index is 8.77. The summed E-state index contributed by atoms with van der Waals surface area (Å²) in [7, 11) is 0. The molecule has 0 saturated heterocycles. The number of aliphatic hydroxyl groups excluding tert-OH is 1. The fourth-order valence-electron chi connectivity index (χ4n) is 1.73. The van der Waals surface area contributed by atoms with Crippen molar-refractivity contribution in [3.8, 4) is 0 Å². The first kappa shape index (κ1) is 15.8. The lowest BCUT2D eigenvalue weighted by molar-refractivity contribution is 0.276. The molecule has 0 aromatic heterocycles. The van der Waals surface area contributed by atoms with Crippen molar-refractivity contribution >= 4 is 12.6 Å². The van der Waals surface area contributed by atoms with Crippen molar-refractivity contribution in [3.05, 3.63) is 66.2 Å². The lowest BCUT2D eigenvalue weighted by atomic mass is 9.96. The highest BCUT2D eigenvalue weighted by Gasteiger charge is 2.07. The zero-order valence-corrected chi connectivity index (χ0v) is 11.8. The number of rotatable bonds is 4. The lowest BCUT2D eigenvalue weighted by Gasteiger charge is -2.12. The van der Waals surface area contributed by atoms with E-state index in [2.05, 4.69) is 12.6 Å². The highest BCUT2D eigenvalue weighted by molar-refractivity contribution is 7.80. The van der Waals surface area contributed by atoms with Gasteiger partial charge in [0.05, 0.1) is 0 Å². The molecular formula is C16H21NOS. The predicted octanol–water partition coefficient (Wildman–Crippen LogP) is 3.09. The summed E-state index contributed by atoms with van der Waals surface area (Å²) < 4.78 is 0. The average molecular weight is 275 g/mol. The van der Waals surface area contributed by atoms with Gasteiger partial charge in [0.2, 0.25) is 0 Å². The molecule has 0 fully saturated rings. The smallest absolute Gasteiger partial charge is 0.0437 e. The summed E-state index contributed by atoms with van der Waals surface area (Å²) in [6.07, 6.45) is 0.751. The molecule has 102 valence electrons. The number of hydrogen-bond donors (Lipinski definition) is 3. The zero-order chi connectivity index (χ0) is 13.9. The summed E-state index contributed by atoms with van der Waals surface area (Å²) in [6, 6.07) is 19.9. The molecule has 3 heteroatoms. The first-order valence-electron chi connectivity index (χ1n) is 6.37. The SMILES string of the molecule is NCC(CCO)c1ccccc1.Sc1ccccc1. The molecule has 0 saturated carbocycles. The number of thiol groups is 1. The van der Waals surface area contributed by atoms with Crippen LogP contribution in [0.5, 0.6) is 0 Å². The highest BCUT2D eigenvalue weighted by Crippen LogP contribution is 2.16. The molecule has 2 nitrogen and oxygen atoms in total. The molecule has 2 rings (SSSR count). The van der Waals surface area contributed by atoms with E-state index in [1.807, 2.05) is 60.7 Å². The molecule has 0 heterocycles. The van der Waals surface area contributed by atoms with Crippen molar-refractivity contribution < 1.29 is 5.11 Å². The maximum Gasteiger partial charge on any atom is 0.0437 e. The minimum Gasteiger partial charge on any atom is -0.396 e. The Hall–Kier alpha value is -1.29. The molecule has 0 radical (unpaired) electrons. The number of benzene rings is 2. The van der Waals surface area contributed by atoms with E-state index in [1.165, 1.54) is 5.56 Å². The summed E-state index contributed by atoms with van der Waals surface area (Å²) in [6.45, 7) is 0.807. The molecule has 19 heavy (non-hydrogen) atoms. The zero-order valence-electron chi connectivity index (χ0n) is 10.9. The molecule has 2 aromatic rings. The Labute approximate surface area is 120 Å². The molecular weight excluding hydrogens is 254 g/mol. The van der Waals surface area contributed by atoms with Crippen molar-refractivity contribution in [1.82, 2.24) is 0 Å². The van der Waals surface area contributed by atoms with Gasteiger partial charge in [0.1, 0.15) is 0 Å². The van der Waals surface area contributed by atoms with Gasteiger partial charge in [-0.3, -0.25) is 0 Å². The van der Waals surface area contributed by atoms with E-state index >= 15 is 0 Å². The third-order valence-electron chi connectivity index (χ3n) is 2.79. The molecule has 0 spiro atoms. The monoisotopic (exact) mass is 275 g/mol. The van der Waals surface area contributed by atoms with E-state index in [9.17, 15) is 0 Å². The Balaban J connectivity index is 0.000000218. The second-order valence-corrected chi connectivity index (χ2v) is 4.71. The molecule has 0 aliphatic rings. The first-order chi connectivity index (χ1) is 9.27. The van der Waals surface area contributed by atoms with Crippen LogP contribution in [0.2, 0.25) is 0 Å². The predicted molar refractivity (Wildman–Crippen MR) is 83.6 cm³/mol. The quantitative estimate of drug-likeness (QED) is 0.751. The van der Waals surface area contributed by atoms with Gasteiger partial charge >= 0.3 is 0 Å². The molecule has 0 bridgehead atoms. The van der Waals surface area contributed by atoms with Gasteiger partial charge in [-0.1, -0.05) is 48.5 Å². The van der Waals surface area contributed by atoms with Crippen LogP contribution < -0.4 is 5.73 Å². The number of nitrogens with two attached hydrogens (primary N) is 1. The Kier molecular flexibility index (Phi) is 7.98. The van der Waals surface area contributed by atoms with Crippen LogP contribution >= 0.6 is 12.6 Å². The molecule has 1 unspecified atom stereocenters. The first-order valence-corrected chi connectivity index (χ1v) is 6.82. The van der Waals surface area contributed by atoms with Crippen LogP contribution in [0.3, 0.4) is 0 Å². The number of aliphatic hydroxyl groups is 1. The van der Waals surface area contributed by atoms with E-state index in [1.54, 1.807) is 0 Å². The fraction of sp³-hybridized carbons (Fsp3) is 0.250. The van der Waals surface area contributed by atoms with Crippen molar-refractivity contribution in [2.45, 2.75) is 17.2 Å². The van der Waals surface area contributed by atoms with E-state index in [0.717, 1.165) is 11.3 Å². The minimum atomic E-state index is 0.205. The summed E-state index contributed by atoms with van der Waals surface area (Å²) in [5, 5.41) is 8.77. The minimum absolute atomic E-state index is 0.205. The topological polar surface area (TPSA) is 46.2 Å². The Morgan fingerprint density at radius 3 is 1.84 bits per heavy atom. The molecule has 3 N–H and O–H groups in total. The fourth-order valence-corrected chi connectivity index (χ4v) is 1.90. The van der Waals surface area contributed by atoms with E-state index in [0.29, 0.717) is 12.5 Å². The molecule has 0 aliphatic heterocycles. The van der Waals surface area contributed by atoms with Gasteiger partial charge in [-0.2, -0.15) is 0 Å². The van der Waals surface area contributed by atoms with Crippen LogP contribution in [0.25, 0.3) is 0 Å². The maximum absolute atomic E-state index is 8.77. The van der Waals surface area contributed by atoms with E-state index in [4.69, 9.17) is 10.8 Å². The van der Waals surface area contributed by atoms with Gasteiger partial charge in [-0.15, -0.1) is 12.6 Å². The van der Waals surface area contributed by atoms with Crippen LogP contribution in [0.15, 0.2) is 65.6 Å². The van der Waals surface area contributed by atoms with E-state index < -0.39 is 0 Å². The van der Waals surface area contributed by atoms with E-state index in [-0.39, 0.29) is 6.61 Å². The normalized spacial score (nSPS) is 11.3. The summed E-state index contributed by atoms with van der Waals surface area (Å²) >= 11 is 4.08. The highest BCUT2D eigenvalue weighted by atomic mass is 32.1. The van der Waals surface area contributed by atoms with Crippen molar-refractivity contribution in [2.75, 3.05) is 13.2 Å². The standard InChI is InChI=1S/C10H15NO.C6H6S/c11-8-10(6-7-12)9-4-2-1-3-5-9;7-6-4-2-1-3-5-6/h1-5,10,12H,6-8,11H2;1-5,7H. The van der Waals surface area contributed by atoms with Gasteiger partial charge in [-0.25, -0.2) is 0 Å². The molecule has 0 amide bonds. The van der Waals surface area contributed by atoms with Gasteiger partial charge in [0.15, 0.2) is 0 Å². The van der Waals surface area contributed by atoms with Crippen molar-refractivity contribution in [1.29, 1.82) is 0 Å². The summed E-state index contributed by atoms with van der Waals surface area (Å²) in [5.41, 5.74) is 6.80. The van der Waals surface area contributed by atoms with Gasteiger partial charge in [-0.05, 0) is 36.6 Å². The van der Waals surface area contributed by atoms with Crippen LogP contribution in [0.4, 0.5) is 0 Å². The third-order valence-corrected chi connectivity index (χ3v) is 3.09. The van der Waals surface area contributed by atoms with Gasteiger partial charge in [0, 0.05) is 11.5 Å². The molecule has 0 aliphatic carbocycles. The van der Waals surface area contributed by atoms with Crippen LogP contribution in [0.1, 0.15) is 17.9 Å². The second kappa shape index (κ2) is 9.62. The van der Waals surface area contributed by atoms with Crippen LogP contribution in [-0.4, -0.2) is 18.3 Å². The Morgan fingerprint density at radius 2 is 1.47 bits per heavy atom. The third kappa shape index (κ3) is 6.43. The molecule has 1 atom stereocenters. The van der Waals surface area contributed by atoms with Crippen molar-refractivity contribution in [3.63, 3.8) is 0 Å². The Bertz CT molecular complexity index is 433. The van der Waals surface area contributed by atoms with Crippen molar-refractivity contribution in [2.24, 2.45) is 5.73 Å². The average Bonchev–Trinajstić information content (AvgIpc) is 2.47. The van der Waals surface area contributed by atoms with Gasteiger partial charge < -0.3 is 10.8 Å². The second-order valence-electron chi connectivity index (χ2n) is 4.19. The summed E-state index contributed by atoms with van der Waals surface area (Å²) in [5.74, 6) is 0.302. The largest absolute Gasteiger partial charge is 0.396 e. The van der Waals surface area contributed by atoms with Crippen LogP contribution in [0, 0.1) is 0 Å². The number of hydrogen-bond acceptors (Lipinski definition) is 3. The van der Waals surface area contributed by atoms with Crippen LogP contribution in [-0.2, 0) is 0 Å². The van der Waals surface area contributed by atoms with Gasteiger partial charge in [0.25, 0.3) is 0 Å². The summed E-state index contributed by atoms with van der Waals surface area (Å²) in [4.78, 5) is 1.02. The lowest BCUT2D eigenvalue weighted by Crippen LogP contribution is -2.13.